The van der Waals surface area contributed by atoms with Crippen LogP contribution in [0.1, 0.15) is 31.9 Å². The second-order valence-electron chi connectivity index (χ2n) is 10.4. The number of nitrogens with zero attached hydrogens (tertiary/aromatic N) is 2. The lowest BCUT2D eigenvalue weighted by atomic mass is 10.0. The molecule has 3 rings (SSSR count). The number of carbonyl (C=O) groups is 2. The standard InChI is InChI=1S/C29H32Cl2FN3O4S/c1-29(2,3)33-28(37)25(17-20-9-6-5-7-10-20)34(18-21-13-15-22(32)16-14-21)26(36)19-35(40(4,38)39)24-12-8-11-23(30)27(24)31/h5-16,25H,17-19H2,1-4H3,(H,33,37)/t25-/m0/s1. The third kappa shape index (κ3) is 8.68. The number of anilines is 1. The highest BCUT2D eigenvalue weighted by atomic mass is 35.5. The van der Waals surface area contributed by atoms with Gasteiger partial charge in [0, 0.05) is 18.5 Å². The second-order valence-corrected chi connectivity index (χ2v) is 13.1. The van der Waals surface area contributed by atoms with E-state index in [2.05, 4.69) is 5.32 Å². The number of sulfonamides is 1. The fourth-order valence-corrected chi connectivity index (χ4v) is 5.38. The molecule has 3 aromatic rings. The molecular formula is C29H32Cl2FN3O4S. The minimum Gasteiger partial charge on any atom is -0.350 e. The molecule has 0 saturated carbocycles. The van der Waals surface area contributed by atoms with Crippen molar-refractivity contribution in [3.8, 4) is 0 Å². The lowest BCUT2D eigenvalue weighted by Crippen LogP contribution is -2.56. The Hall–Kier alpha value is -3.14. The Kier molecular flexibility index (Phi) is 10.2. The first kappa shape index (κ1) is 31.4. The number of carbonyl (C=O) groups excluding carboxylic acids is 2. The van der Waals surface area contributed by atoms with Gasteiger partial charge in [-0.3, -0.25) is 13.9 Å². The van der Waals surface area contributed by atoms with E-state index in [0.717, 1.165) is 16.1 Å². The van der Waals surface area contributed by atoms with Crippen molar-refractivity contribution in [2.24, 2.45) is 0 Å². The van der Waals surface area contributed by atoms with Gasteiger partial charge in [-0.25, -0.2) is 12.8 Å². The highest BCUT2D eigenvalue weighted by Crippen LogP contribution is 2.34. The molecule has 2 amide bonds. The normalized spacial score (nSPS) is 12.5. The van der Waals surface area contributed by atoms with Crippen molar-refractivity contribution in [2.45, 2.75) is 45.3 Å². The molecule has 0 radical (unpaired) electrons. The summed E-state index contributed by atoms with van der Waals surface area (Å²) in [7, 11) is -4.01. The van der Waals surface area contributed by atoms with Gasteiger partial charge in [0.25, 0.3) is 0 Å². The fourth-order valence-electron chi connectivity index (χ4n) is 4.07. The van der Waals surface area contributed by atoms with E-state index < -0.39 is 45.8 Å². The van der Waals surface area contributed by atoms with Gasteiger partial charge in [-0.05, 0) is 56.2 Å². The van der Waals surface area contributed by atoms with Crippen molar-refractivity contribution in [2.75, 3.05) is 17.1 Å². The van der Waals surface area contributed by atoms with Crippen LogP contribution in [0.15, 0.2) is 72.8 Å². The van der Waals surface area contributed by atoms with Crippen molar-refractivity contribution in [1.82, 2.24) is 10.2 Å². The van der Waals surface area contributed by atoms with Gasteiger partial charge in [-0.1, -0.05) is 71.7 Å². The number of halogens is 3. The Morgan fingerprint density at radius 3 is 2.12 bits per heavy atom. The first-order valence-electron chi connectivity index (χ1n) is 12.5. The van der Waals surface area contributed by atoms with Gasteiger partial charge in [0.05, 0.1) is 22.0 Å². The molecule has 0 fully saturated rings. The SMILES string of the molecule is CC(C)(C)NC(=O)[C@H](Cc1ccccc1)N(Cc1ccc(F)cc1)C(=O)CN(c1cccc(Cl)c1Cl)S(C)(=O)=O. The first-order chi connectivity index (χ1) is 18.7. The molecule has 11 heteroatoms. The largest absolute Gasteiger partial charge is 0.350 e. The Morgan fingerprint density at radius 2 is 1.55 bits per heavy atom. The topological polar surface area (TPSA) is 86.8 Å². The molecule has 0 aliphatic rings. The highest BCUT2D eigenvalue weighted by molar-refractivity contribution is 7.92. The van der Waals surface area contributed by atoms with Crippen LogP contribution in [0.2, 0.25) is 10.0 Å². The van der Waals surface area contributed by atoms with E-state index in [1.165, 1.54) is 47.4 Å². The lowest BCUT2D eigenvalue weighted by Gasteiger charge is -2.35. The molecule has 0 heterocycles. The van der Waals surface area contributed by atoms with Crippen LogP contribution in [0.3, 0.4) is 0 Å². The number of benzene rings is 3. The van der Waals surface area contributed by atoms with E-state index in [1.807, 2.05) is 51.1 Å². The third-order valence-corrected chi connectivity index (χ3v) is 7.85. The summed E-state index contributed by atoms with van der Waals surface area (Å²) in [6.07, 6.45) is 1.11. The molecule has 0 spiro atoms. The van der Waals surface area contributed by atoms with Crippen LogP contribution < -0.4 is 9.62 Å². The zero-order valence-electron chi connectivity index (χ0n) is 22.7. The summed E-state index contributed by atoms with van der Waals surface area (Å²) in [5, 5.41) is 3.03. The number of hydrogen-bond donors (Lipinski definition) is 1. The van der Waals surface area contributed by atoms with Crippen LogP contribution >= 0.6 is 23.2 Å². The number of hydrogen-bond acceptors (Lipinski definition) is 4. The smallest absolute Gasteiger partial charge is 0.244 e. The Labute approximate surface area is 244 Å². The van der Waals surface area contributed by atoms with Gasteiger partial charge in [0.1, 0.15) is 18.4 Å². The van der Waals surface area contributed by atoms with Crippen LogP contribution in [-0.4, -0.2) is 49.5 Å². The van der Waals surface area contributed by atoms with Crippen LogP contribution in [0.5, 0.6) is 0 Å². The zero-order chi connectivity index (χ0) is 29.7. The van der Waals surface area contributed by atoms with E-state index in [9.17, 15) is 22.4 Å². The van der Waals surface area contributed by atoms with E-state index in [1.54, 1.807) is 0 Å². The maximum absolute atomic E-state index is 14.0. The average Bonchev–Trinajstić information content (AvgIpc) is 2.86. The molecule has 40 heavy (non-hydrogen) atoms. The molecule has 0 aromatic heterocycles. The zero-order valence-corrected chi connectivity index (χ0v) is 25.0. The summed E-state index contributed by atoms with van der Waals surface area (Å²) < 4.78 is 40.3. The minimum atomic E-state index is -4.01. The second kappa shape index (κ2) is 13.0. The predicted octanol–water partition coefficient (Wildman–Crippen LogP) is 5.45. The Bertz CT molecular complexity index is 1450. The maximum Gasteiger partial charge on any atom is 0.244 e. The van der Waals surface area contributed by atoms with Gasteiger partial charge in [0.15, 0.2) is 0 Å². The van der Waals surface area contributed by atoms with E-state index in [-0.39, 0.29) is 28.7 Å². The number of nitrogens with one attached hydrogen (secondary N) is 1. The predicted molar refractivity (Wildman–Crippen MR) is 157 cm³/mol. The van der Waals surface area contributed by atoms with Crippen molar-refractivity contribution >= 4 is 50.7 Å². The summed E-state index contributed by atoms with van der Waals surface area (Å²) in [6, 6.07) is 18.2. The Balaban J connectivity index is 2.09. The van der Waals surface area contributed by atoms with Crippen LogP contribution in [0, 0.1) is 5.82 Å². The molecule has 1 N–H and O–H groups in total. The van der Waals surface area contributed by atoms with Crippen molar-refractivity contribution < 1.29 is 22.4 Å². The van der Waals surface area contributed by atoms with Crippen LogP contribution in [-0.2, 0) is 32.6 Å². The molecular weight excluding hydrogens is 576 g/mol. The molecule has 3 aromatic carbocycles. The molecule has 0 aliphatic carbocycles. The number of rotatable bonds is 10. The minimum absolute atomic E-state index is 0.0289. The van der Waals surface area contributed by atoms with E-state index >= 15 is 0 Å². The number of amides is 2. The molecule has 214 valence electrons. The average molecular weight is 609 g/mol. The summed E-state index contributed by atoms with van der Waals surface area (Å²) in [4.78, 5) is 29.0. The fraction of sp³-hybridized carbons (Fsp3) is 0.310. The van der Waals surface area contributed by atoms with Crippen LogP contribution in [0.4, 0.5) is 10.1 Å². The third-order valence-electron chi connectivity index (χ3n) is 5.91. The molecule has 0 aliphatic heterocycles. The summed E-state index contributed by atoms with van der Waals surface area (Å²) in [5.74, 6) is -1.53. The van der Waals surface area contributed by atoms with Crippen molar-refractivity contribution in [3.63, 3.8) is 0 Å². The quantitative estimate of drug-likeness (QED) is 0.332. The van der Waals surface area contributed by atoms with Gasteiger partial charge in [-0.15, -0.1) is 0 Å². The van der Waals surface area contributed by atoms with Gasteiger partial charge < -0.3 is 10.2 Å². The first-order valence-corrected chi connectivity index (χ1v) is 15.1. The summed E-state index contributed by atoms with van der Waals surface area (Å²) in [6.45, 7) is 4.75. The van der Waals surface area contributed by atoms with Crippen molar-refractivity contribution in [3.05, 3.63) is 99.8 Å². The summed E-state index contributed by atoms with van der Waals surface area (Å²) in [5.41, 5.74) is 0.781. The molecule has 0 bridgehead atoms. The highest BCUT2D eigenvalue weighted by Gasteiger charge is 2.34. The molecule has 0 saturated heterocycles. The molecule has 0 unspecified atom stereocenters. The van der Waals surface area contributed by atoms with Crippen LogP contribution in [0.25, 0.3) is 0 Å². The molecule has 7 nitrogen and oxygen atoms in total. The monoisotopic (exact) mass is 607 g/mol. The molecule has 1 atom stereocenters. The van der Waals surface area contributed by atoms with Gasteiger partial charge >= 0.3 is 0 Å². The Morgan fingerprint density at radius 1 is 0.925 bits per heavy atom. The van der Waals surface area contributed by atoms with Crippen molar-refractivity contribution in [1.29, 1.82) is 0 Å². The summed E-state index contributed by atoms with van der Waals surface area (Å²) >= 11 is 12.5. The van der Waals surface area contributed by atoms with E-state index in [0.29, 0.717) is 5.56 Å². The maximum atomic E-state index is 14.0. The van der Waals surface area contributed by atoms with Gasteiger partial charge in [0.2, 0.25) is 21.8 Å². The van der Waals surface area contributed by atoms with E-state index in [4.69, 9.17) is 23.2 Å². The lowest BCUT2D eigenvalue weighted by molar-refractivity contribution is -0.140. The van der Waals surface area contributed by atoms with Gasteiger partial charge in [-0.2, -0.15) is 0 Å².